The van der Waals surface area contributed by atoms with Crippen LogP contribution in [0.2, 0.25) is 5.02 Å². The minimum Gasteiger partial charge on any atom is -0.395 e. The van der Waals surface area contributed by atoms with E-state index >= 15 is 0 Å². The molecule has 5 heteroatoms. The summed E-state index contributed by atoms with van der Waals surface area (Å²) in [5.74, 6) is 0.823. The van der Waals surface area contributed by atoms with E-state index in [1.807, 2.05) is 19.2 Å². The van der Waals surface area contributed by atoms with Gasteiger partial charge in [-0.25, -0.2) is 4.98 Å². The van der Waals surface area contributed by atoms with Crippen molar-refractivity contribution in [3.63, 3.8) is 0 Å². The maximum absolute atomic E-state index is 9.28. The van der Waals surface area contributed by atoms with E-state index in [-0.39, 0.29) is 12.6 Å². The summed E-state index contributed by atoms with van der Waals surface area (Å²) >= 11 is 6.14. The summed E-state index contributed by atoms with van der Waals surface area (Å²) in [5, 5.41) is 13.0. The average Bonchev–Trinajstić information content (AvgIpc) is 2.79. The maximum atomic E-state index is 9.28. The fourth-order valence-electron chi connectivity index (χ4n) is 2.24. The van der Waals surface area contributed by atoms with Gasteiger partial charge < -0.3 is 10.4 Å². The molecule has 1 fully saturated rings. The van der Waals surface area contributed by atoms with Gasteiger partial charge in [0.15, 0.2) is 0 Å². The Labute approximate surface area is 107 Å². The number of hydrogen-bond donors (Lipinski definition) is 2. The smallest absolute Gasteiger partial charge is 0.126 e. The number of rotatable bonds is 4. The molecule has 0 saturated carbocycles. The zero-order chi connectivity index (χ0) is 12.3. The number of anilines is 1. The van der Waals surface area contributed by atoms with Gasteiger partial charge in [0.25, 0.3) is 0 Å². The summed E-state index contributed by atoms with van der Waals surface area (Å²) in [6.45, 7) is 1.93. The summed E-state index contributed by atoms with van der Waals surface area (Å²) in [7, 11) is 1.84. The number of aliphatic hydroxyl groups excluding tert-OH is 1. The van der Waals surface area contributed by atoms with E-state index in [4.69, 9.17) is 11.6 Å². The maximum Gasteiger partial charge on any atom is 0.126 e. The number of likely N-dealkylation sites (tertiary alicyclic amines) is 1. The molecule has 1 aliphatic rings. The Morgan fingerprint density at radius 3 is 3.12 bits per heavy atom. The largest absolute Gasteiger partial charge is 0.395 e. The van der Waals surface area contributed by atoms with E-state index in [9.17, 15) is 5.11 Å². The molecule has 0 aliphatic carbocycles. The van der Waals surface area contributed by atoms with Gasteiger partial charge in [0, 0.05) is 19.6 Å². The molecule has 1 aromatic rings. The molecule has 2 heterocycles. The van der Waals surface area contributed by atoms with Crippen molar-refractivity contribution >= 4 is 17.4 Å². The van der Waals surface area contributed by atoms with E-state index in [1.54, 1.807) is 0 Å². The number of hydrogen-bond acceptors (Lipinski definition) is 4. The van der Waals surface area contributed by atoms with Crippen LogP contribution in [0.3, 0.4) is 0 Å². The topological polar surface area (TPSA) is 48.4 Å². The van der Waals surface area contributed by atoms with Gasteiger partial charge in [0.05, 0.1) is 17.3 Å². The molecule has 0 amide bonds. The molecule has 94 valence electrons. The highest BCUT2D eigenvalue weighted by Crippen LogP contribution is 2.23. The van der Waals surface area contributed by atoms with Gasteiger partial charge in [-0.3, -0.25) is 4.90 Å². The summed E-state index contributed by atoms with van der Waals surface area (Å²) in [6, 6.07) is 3.98. The molecular formula is C12H18ClN3O. The zero-order valence-corrected chi connectivity index (χ0v) is 10.7. The fourth-order valence-corrected chi connectivity index (χ4v) is 2.40. The van der Waals surface area contributed by atoms with E-state index in [0.29, 0.717) is 11.6 Å². The van der Waals surface area contributed by atoms with Gasteiger partial charge in [0.2, 0.25) is 0 Å². The predicted octanol–water partition coefficient (Wildman–Crippen LogP) is 1.73. The van der Waals surface area contributed by atoms with Crippen molar-refractivity contribution in [1.82, 2.24) is 9.88 Å². The van der Waals surface area contributed by atoms with Gasteiger partial charge in [-0.2, -0.15) is 0 Å². The van der Waals surface area contributed by atoms with Crippen LogP contribution in [-0.4, -0.2) is 41.2 Å². The van der Waals surface area contributed by atoms with Crippen molar-refractivity contribution < 1.29 is 5.11 Å². The fraction of sp³-hybridized carbons (Fsp3) is 0.583. The molecule has 2 N–H and O–H groups in total. The number of pyridine rings is 1. The number of nitrogens with one attached hydrogen (secondary N) is 1. The Hall–Kier alpha value is -0.840. The molecule has 0 spiro atoms. The second kappa shape index (κ2) is 5.67. The van der Waals surface area contributed by atoms with Gasteiger partial charge in [0.1, 0.15) is 5.82 Å². The first-order chi connectivity index (χ1) is 8.24. The highest BCUT2D eigenvalue weighted by molar-refractivity contribution is 6.31. The van der Waals surface area contributed by atoms with Crippen molar-refractivity contribution in [2.24, 2.45) is 0 Å². The minimum absolute atomic E-state index is 0.212. The highest BCUT2D eigenvalue weighted by atomic mass is 35.5. The Bertz CT molecular complexity index is 386. The first kappa shape index (κ1) is 12.6. The van der Waals surface area contributed by atoms with Crippen LogP contribution >= 0.6 is 11.6 Å². The molecular weight excluding hydrogens is 238 g/mol. The minimum atomic E-state index is 0.212. The number of aliphatic hydroxyl groups is 1. The lowest BCUT2D eigenvalue weighted by Gasteiger charge is -2.22. The third-order valence-electron chi connectivity index (χ3n) is 3.24. The molecule has 1 aliphatic heterocycles. The van der Waals surface area contributed by atoms with Gasteiger partial charge >= 0.3 is 0 Å². The SMILES string of the molecule is CNc1ccc(Cl)c(CN2CCCC2CO)n1. The lowest BCUT2D eigenvalue weighted by molar-refractivity contribution is 0.152. The first-order valence-electron chi connectivity index (χ1n) is 5.92. The quantitative estimate of drug-likeness (QED) is 0.860. The normalized spacial score (nSPS) is 20.8. The van der Waals surface area contributed by atoms with Crippen LogP contribution in [0.15, 0.2) is 12.1 Å². The molecule has 1 unspecified atom stereocenters. The van der Waals surface area contributed by atoms with Crippen LogP contribution in [0.4, 0.5) is 5.82 Å². The monoisotopic (exact) mass is 255 g/mol. The molecule has 1 atom stereocenters. The first-order valence-corrected chi connectivity index (χ1v) is 6.30. The average molecular weight is 256 g/mol. The van der Waals surface area contributed by atoms with Crippen molar-refractivity contribution in [3.8, 4) is 0 Å². The summed E-state index contributed by atoms with van der Waals surface area (Å²) in [4.78, 5) is 6.70. The number of aromatic nitrogens is 1. The van der Waals surface area contributed by atoms with Crippen LogP contribution in [-0.2, 0) is 6.54 Å². The molecule has 0 aromatic carbocycles. The third-order valence-corrected chi connectivity index (χ3v) is 3.58. The predicted molar refractivity (Wildman–Crippen MR) is 69.3 cm³/mol. The molecule has 0 radical (unpaired) electrons. The Kier molecular flexibility index (Phi) is 4.20. The highest BCUT2D eigenvalue weighted by Gasteiger charge is 2.24. The zero-order valence-electron chi connectivity index (χ0n) is 9.99. The third kappa shape index (κ3) is 2.89. The lowest BCUT2D eigenvalue weighted by Crippen LogP contribution is -2.32. The molecule has 4 nitrogen and oxygen atoms in total. The van der Waals surface area contributed by atoms with Crippen LogP contribution in [0.25, 0.3) is 0 Å². The summed E-state index contributed by atoms with van der Waals surface area (Å²) < 4.78 is 0. The Morgan fingerprint density at radius 2 is 2.41 bits per heavy atom. The standard InChI is InChI=1S/C12H18ClN3O/c1-14-12-5-4-10(13)11(15-12)7-16-6-2-3-9(16)8-17/h4-5,9,17H,2-3,6-8H2,1H3,(H,14,15). The number of halogens is 1. The molecule has 1 aromatic heterocycles. The Balaban J connectivity index is 2.12. The van der Waals surface area contributed by atoms with Crippen molar-refractivity contribution in [3.05, 3.63) is 22.8 Å². The van der Waals surface area contributed by atoms with Crippen LogP contribution in [0.5, 0.6) is 0 Å². The van der Waals surface area contributed by atoms with Gasteiger partial charge in [-0.15, -0.1) is 0 Å². The number of nitrogens with zero attached hydrogens (tertiary/aromatic N) is 2. The van der Waals surface area contributed by atoms with Crippen molar-refractivity contribution in [2.45, 2.75) is 25.4 Å². The van der Waals surface area contributed by atoms with Crippen molar-refractivity contribution in [2.75, 3.05) is 25.5 Å². The van der Waals surface area contributed by atoms with E-state index < -0.39 is 0 Å². The molecule has 0 bridgehead atoms. The van der Waals surface area contributed by atoms with E-state index in [1.165, 1.54) is 0 Å². The van der Waals surface area contributed by atoms with Crippen LogP contribution in [0.1, 0.15) is 18.5 Å². The van der Waals surface area contributed by atoms with E-state index in [0.717, 1.165) is 30.9 Å². The van der Waals surface area contributed by atoms with Gasteiger partial charge in [-0.1, -0.05) is 11.6 Å². The lowest BCUT2D eigenvalue weighted by atomic mass is 10.2. The van der Waals surface area contributed by atoms with E-state index in [2.05, 4.69) is 15.2 Å². The second-order valence-corrected chi connectivity index (χ2v) is 4.73. The Morgan fingerprint density at radius 1 is 1.59 bits per heavy atom. The molecule has 1 saturated heterocycles. The molecule has 2 rings (SSSR count). The molecule has 17 heavy (non-hydrogen) atoms. The summed E-state index contributed by atoms with van der Waals surface area (Å²) in [6.07, 6.45) is 2.19. The van der Waals surface area contributed by atoms with Crippen molar-refractivity contribution in [1.29, 1.82) is 0 Å². The van der Waals surface area contributed by atoms with Crippen LogP contribution < -0.4 is 5.32 Å². The van der Waals surface area contributed by atoms with Gasteiger partial charge in [-0.05, 0) is 31.5 Å². The summed E-state index contributed by atoms with van der Waals surface area (Å²) in [5.41, 5.74) is 0.874. The van der Waals surface area contributed by atoms with Crippen LogP contribution in [0, 0.1) is 0 Å². The second-order valence-electron chi connectivity index (χ2n) is 4.32.